The van der Waals surface area contributed by atoms with Crippen molar-refractivity contribution >= 4 is 17.8 Å². The van der Waals surface area contributed by atoms with Crippen LogP contribution >= 0.6 is 0 Å². The minimum atomic E-state index is -1.05. The number of carbonyl (C=O) groups excluding carboxylic acids is 3. The molecular formula is C27H32FN7O5. The quantitative estimate of drug-likeness (QED) is 0.592. The molecule has 5 rings (SSSR count). The Bertz CT molecular complexity index is 1410. The summed E-state index contributed by atoms with van der Waals surface area (Å²) in [4.78, 5) is 48.5. The van der Waals surface area contributed by atoms with Gasteiger partial charge in [0.1, 0.15) is 24.2 Å². The zero-order valence-corrected chi connectivity index (χ0v) is 22.7. The van der Waals surface area contributed by atoms with E-state index in [0.717, 1.165) is 0 Å². The van der Waals surface area contributed by atoms with E-state index in [1.165, 1.54) is 45.3 Å². The van der Waals surface area contributed by atoms with E-state index in [2.05, 4.69) is 15.4 Å². The summed E-state index contributed by atoms with van der Waals surface area (Å²) in [5.74, 6) is -1.85. The van der Waals surface area contributed by atoms with Gasteiger partial charge in [-0.05, 0) is 43.9 Å². The monoisotopic (exact) mass is 553 g/mol. The van der Waals surface area contributed by atoms with Crippen molar-refractivity contribution in [2.75, 3.05) is 40.3 Å². The zero-order valence-electron chi connectivity index (χ0n) is 22.7. The molecule has 0 bridgehead atoms. The molecule has 1 fully saturated rings. The smallest absolute Gasteiger partial charge is 0.319 e. The van der Waals surface area contributed by atoms with Crippen LogP contribution in [0.2, 0.25) is 0 Å². The molecular weight excluding hydrogens is 521 g/mol. The molecule has 1 aromatic heterocycles. The minimum Gasteiger partial charge on any atom is -0.503 e. The highest BCUT2D eigenvalue weighted by Crippen LogP contribution is 2.51. The Kier molecular flexibility index (Phi) is 7.21. The van der Waals surface area contributed by atoms with Crippen molar-refractivity contribution in [2.45, 2.75) is 32.7 Å². The number of hydrogen-bond donors (Lipinski definition) is 2. The third kappa shape index (κ3) is 4.65. The highest BCUT2D eigenvalue weighted by molar-refractivity contribution is 6.07. The molecule has 2 N–H and O–H groups in total. The van der Waals surface area contributed by atoms with E-state index in [1.807, 2.05) is 0 Å². The van der Waals surface area contributed by atoms with Crippen LogP contribution < -0.4 is 5.32 Å². The molecule has 4 amide bonds. The lowest BCUT2D eigenvalue weighted by Crippen LogP contribution is -2.55. The first-order chi connectivity index (χ1) is 19.1. The molecule has 40 heavy (non-hydrogen) atoms. The number of piperidine rings is 1. The van der Waals surface area contributed by atoms with Crippen LogP contribution in [0.4, 0.5) is 9.18 Å². The van der Waals surface area contributed by atoms with Crippen LogP contribution in [0.25, 0.3) is 5.69 Å². The molecule has 0 radical (unpaired) electrons. The van der Waals surface area contributed by atoms with E-state index in [-0.39, 0.29) is 18.1 Å². The summed E-state index contributed by atoms with van der Waals surface area (Å²) in [6, 6.07) is 3.96. The first-order valence-electron chi connectivity index (χ1n) is 13.1. The fourth-order valence-corrected chi connectivity index (χ4v) is 5.68. The van der Waals surface area contributed by atoms with E-state index in [0.29, 0.717) is 68.3 Å². The number of aromatic nitrogens is 3. The molecule has 1 spiro atoms. The van der Waals surface area contributed by atoms with Crippen molar-refractivity contribution in [2.24, 2.45) is 5.41 Å². The Balaban J connectivity index is 1.49. The Morgan fingerprint density at radius 2 is 1.98 bits per heavy atom. The molecule has 1 saturated heterocycles. The lowest BCUT2D eigenvalue weighted by atomic mass is 9.67. The summed E-state index contributed by atoms with van der Waals surface area (Å²) < 4.78 is 21.3. The molecule has 3 aliphatic rings. The molecule has 3 aliphatic heterocycles. The second-order valence-electron chi connectivity index (χ2n) is 10.3. The number of nitrogens with zero attached hydrogens (tertiary/aromatic N) is 6. The largest absolute Gasteiger partial charge is 0.503 e. The number of nitrogens with one attached hydrogen (secondary N) is 1. The van der Waals surface area contributed by atoms with Crippen molar-refractivity contribution in [1.29, 1.82) is 0 Å². The Labute approximate surface area is 230 Å². The standard InChI is InChI=1S/C27H32FN7O5/c1-17-30-16-31-35(17)20-13-19(28)6-5-18(20)14-29-24(37)22-23(36)25(38)34-9-4-12-40-15-21(34)27(22)7-10-33(11-8-27)26(39)32(2)3/h5-6,13,15-16,36H,4,7-12,14H2,1-3H3,(H,29,37). The van der Waals surface area contributed by atoms with E-state index in [9.17, 15) is 23.9 Å². The maximum atomic E-state index is 14.1. The zero-order chi connectivity index (χ0) is 28.6. The van der Waals surface area contributed by atoms with Crippen molar-refractivity contribution in [3.05, 3.63) is 65.0 Å². The molecule has 0 unspecified atom stereocenters. The lowest BCUT2D eigenvalue weighted by molar-refractivity contribution is -0.132. The number of halogens is 1. The van der Waals surface area contributed by atoms with Crippen LogP contribution in [0.5, 0.6) is 0 Å². The fraction of sp³-hybridized carbons (Fsp3) is 0.444. The number of aryl methyl sites for hydroxylation is 1. The highest BCUT2D eigenvalue weighted by atomic mass is 19.1. The van der Waals surface area contributed by atoms with Gasteiger partial charge in [0, 0.05) is 40.3 Å². The number of aliphatic hydroxyl groups excluding tert-OH is 1. The summed E-state index contributed by atoms with van der Waals surface area (Å²) in [5.41, 5.74) is 0.372. The van der Waals surface area contributed by atoms with Gasteiger partial charge in [0.25, 0.3) is 11.8 Å². The number of fused-ring (bicyclic) bond motifs is 2. The van der Waals surface area contributed by atoms with Gasteiger partial charge < -0.3 is 29.9 Å². The number of amides is 4. The average Bonchev–Trinajstić information content (AvgIpc) is 3.20. The third-order valence-electron chi connectivity index (χ3n) is 7.71. The first-order valence-corrected chi connectivity index (χ1v) is 13.1. The number of ether oxygens (including phenoxy) is 1. The Morgan fingerprint density at radius 1 is 1.23 bits per heavy atom. The maximum Gasteiger partial charge on any atom is 0.319 e. The van der Waals surface area contributed by atoms with Gasteiger partial charge >= 0.3 is 6.03 Å². The van der Waals surface area contributed by atoms with Crippen LogP contribution in [0.3, 0.4) is 0 Å². The molecule has 0 saturated carbocycles. The van der Waals surface area contributed by atoms with Gasteiger partial charge in [0.2, 0.25) is 0 Å². The van der Waals surface area contributed by atoms with Crippen molar-refractivity contribution in [1.82, 2.24) is 34.8 Å². The minimum absolute atomic E-state index is 0.0285. The average molecular weight is 554 g/mol. The lowest BCUT2D eigenvalue weighted by Gasteiger charge is -2.48. The van der Waals surface area contributed by atoms with Gasteiger partial charge in [0.05, 0.1) is 29.0 Å². The van der Waals surface area contributed by atoms with Gasteiger partial charge in [-0.3, -0.25) is 9.59 Å². The van der Waals surface area contributed by atoms with Crippen LogP contribution in [0, 0.1) is 18.2 Å². The first kappa shape index (κ1) is 27.2. The molecule has 1 aromatic carbocycles. The number of benzene rings is 1. The van der Waals surface area contributed by atoms with E-state index >= 15 is 0 Å². The number of aliphatic hydroxyl groups is 1. The maximum absolute atomic E-state index is 14.1. The molecule has 0 atom stereocenters. The predicted octanol–water partition coefficient (Wildman–Crippen LogP) is 2.01. The summed E-state index contributed by atoms with van der Waals surface area (Å²) in [7, 11) is 3.34. The topological polar surface area (TPSA) is 133 Å². The van der Waals surface area contributed by atoms with Gasteiger partial charge in [-0.15, -0.1) is 0 Å². The highest BCUT2D eigenvalue weighted by Gasteiger charge is 2.54. The van der Waals surface area contributed by atoms with Crippen LogP contribution in [0.1, 0.15) is 30.7 Å². The van der Waals surface area contributed by atoms with Crippen molar-refractivity contribution in [3.8, 4) is 5.69 Å². The van der Waals surface area contributed by atoms with Crippen molar-refractivity contribution < 1.29 is 28.6 Å². The number of urea groups is 1. The van der Waals surface area contributed by atoms with Gasteiger partial charge in [-0.25, -0.2) is 18.9 Å². The second-order valence-corrected chi connectivity index (χ2v) is 10.3. The number of likely N-dealkylation sites (tertiary alicyclic amines) is 1. The normalized spacial score (nSPS) is 18.6. The predicted molar refractivity (Wildman–Crippen MR) is 140 cm³/mol. The molecule has 4 heterocycles. The fourth-order valence-electron chi connectivity index (χ4n) is 5.68. The van der Waals surface area contributed by atoms with E-state index in [4.69, 9.17) is 4.74 Å². The number of carbonyl (C=O) groups is 3. The van der Waals surface area contributed by atoms with E-state index < -0.39 is 28.8 Å². The van der Waals surface area contributed by atoms with E-state index in [1.54, 1.807) is 25.9 Å². The molecule has 0 aliphatic carbocycles. The molecule has 212 valence electrons. The molecule has 12 nitrogen and oxygen atoms in total. The van der Waals surface area contributed by atoms with Crippen LogP contribution in [-0.2, 0) is 20.9 Å². The summed E-state index contributed by atoms with van der Waals surface area (Å²) in [6.45, 7) is 3.05. The molecule has 2 aromatic rings. The number of rotatable bonds is 4. The second kappa shape index (κ2) is 10.6. The van der Waals surface area contributed by atoms with Crippen molar-refractivity contribution in [3.63, 3.8) is 0 Å². The van der Waals surface area contributed by atoms with Gasteiger partial charge in [-0.1, -0.05) is 6.07 Å². The van der Waals surface area contributed by atoms with Crippen LogP contribution in [0.15, 0.2) is 47.8 Å². The van der Waals surface area contributed by atoms with Gasteiger partial charge in [-0.2, -0.15) is 5.10 Å². The van der Waals surface area contributed by atoms with Gasteiger partial charge in [0.15, 0.2) is 5.76 Å². The molecule has 13 heteroatoms. The number of allylic oxidation sites excluding steroid dienone is 1. The SMILES string of the molecule is Cc1ncnn1-c1cc(F)ccc1CNC(=O)C1=C(O)C(=O)N2CCCOC=C2C12CCN(C(=O)N(C)C)CC2. The Hall–Kier alpha value is -4.42. The summed E-state index contributed by atoms with van der Waals surface area (Å²) >= 11 is 0. The summed E-state index contributed by atoms with van der Waals surface area (Å²) in [6.07, 6.45) is 4.04. The van der Waals surface area contributed by atoms with Crippen LogP contribution in [-0.4, -0.2) is 92.8 Å². The Morgan fingerprint density at radius 3 is 2.65 bits per heavy atom. The number of hydrogen-bond acceptors (Lipinski definition) is 7. The third-order valence-corrected chi connectivity index (χ3v) is 7.71. The summed E-state index contributed by atoms with van der Waals surface area (Å²) in [5, 5.41) is 18.2.